The summed E-state index contributed by atoms with van der Waals surface area (Å²) in [6.07, 6.45) is 1.75. The predicted octanol–water partition coefficient (Wildman–Crippen LogP) is 0.279. The molecule has 0 fully saturated rings. The van der Waals surface area contributed by atoms with Crippen LogP contribution in [0.2, 0.25) is 0 Å². The first-order chi connectivity index (χ1) is 10.4. The lowest BCUT2D eigenvalue weighted by atomic mass is 9.95. The van der Waals surface area contributed by atoms with Crippen molar-refractivity contribution in [2.75, 3.05) is 5.32 Å². The maximum Gasteiger partial charge on any atom is 0.238 e. The molecule has 0 saturated heterocycles. The molecule has 0 atom stereocenters. The van der Waals surface area contributed by atoms with Gasteiger partial charge in [0, 0.05) is 17.3 Å². The third-order valence-electron chi connectivity index (χ3n) is 3.17. The van der Waals surface area contributed by atoms with Crippen LogP contribution < -0.4 is 15.9 Å². The largest absolute Gasteiger partial charge is 0.324 e. The number of benzene rings is 2. The van der Waals surface area contributed by atoms with Gasteiger partial charge in [0.15, 0.2) is 0 Å². The van der Waals surface area contributed by atoms with E-state index >= 15 is 0 Å². The van der Waals surface area contributed by atoms with E-state index in [2.05, 4.69) is 15.3 Å². The van der Waals surface area contributed by atoms with E-state index in [1.807, 2.05) is 26.0 Å². The van der Waals surface area contributed by atoms with Crippen molar-refractivity contribution in [2.45, 2.75) is 4.90 Å². The monoisotopic (exact) mass is 312 g/mol. The molecule has 0 spiro atoms. The number of fused-ring (bicyclic) bond motifs is 1. The molecule has 0 unspecified atom stereocenters. The first kappa shape index (κ1) is 14.5. The molecule has 110 valence electrons. The number of nitrogens with two attached hydrogens (primary N) is 1. The van der Waals surface area contributed by atoms with Crippen molar-refractivity contribution in [1.29, 1.82) is 0 Å². The molecule has 6 nitrogen and oxygen atoms in total. The number of hydrogen-bond acceptors (Lipinski definition) is 5. The van der Waals surface area contributed by atoms with Crippen LogP contribution in [-0.2, 0) is 10.0 Å². The summed E-state index contributed by atoms with van der Waals surface area (Å²) < 4.78 is 22.4. The number of rotatable bonds is 3. The lowest BCUT2D eigenvalue weighted by Gasteiger charge is -2.07. The second kappa shape index (κ2) is 5.40. The van der Waals surface area contributed by atoms with Crippen LogP contribution in [0.15, 0.2) is 53.6 Å². The first-order valence-corrected chi connectivity index (χ1v) is 8.10. The van der Waals surface area contributed by atoms with E-state index in [-0.39, 0.29) is 4.90 Å². The molecule has 0 aliphatic carbocycles. The Hall–Kier alpha value is -2.45. The van der Waals surface area contributed by atoms with Gasteiger partial charge in [-0.25, -0.2) is 23.5 Å². The molecule has 3 rings (SSSR count). The normalized spacial score (nSPS) is 11.5. The maximum absolute atomic E-state index is 11.2. The van der Waals surface area contributed by atoms with Crippen LogP contribution in [0.3, 0.4) is 0 Å². The predicted molar refractivity (Wildman–Crippen MR) is 88.8 cm³/mol. The van der Waals surface area contributed by atoms with Gasteiger partial charge >= 0.3 is 0 Å². The summed E-state index contributed by atoms with van der Waals surface area (Å²) in [7, 11) is -1.67. The van der Waals surface area contributed by atoms with Crippen LogP contribution in [0, 0.1) is 0 Å². The number of nitrogens with zero attached hydrogens (tertiary/aromatic N) is 2. The molecule has 3 aromatic rings. The Morgan fingerprint density at radius 2 is 1.82 bits per heavy atom. The van der Waals surface area contributed by atoms with Gasteiger partial charge in [-0.2, -0.15) is 0 Å². The fourth-order valence-electron chi connectivity index (χ4n) is 2.07. The van der Waals surface area contributed by atoms with Crippen molar-refractivity contribution < 1.29 is 8.42 Å². The van der Waals surface area contributed by atoms with Gasteiger partial charge < -0.3 is 5.32 Å². The number of aromatic nitrogens is 2. The van der Waals surface area contributed by atoms with Crippen molar-refractivity contribution in [3.8, 4) is 0 Å². The maximum atomic E-state index is 11.2. The van der Waals surface area contributed by atoms with E-state index in [9.17, 15) is 8.42 Å². The average Bonchev–Trinajstić information content (AvgIpc) is 2.47. The number of hydrogen-bond donors (Lipinski definition) is 2. The highest BCUT2D eigenvalue weighted by Crippen LogP contribution is 2.17. The fourth-order valence-corrected chi connectivity index (χ4v) is 2.59. The van der Waals surface area contributed by atoms with Crippen LogP contribution in [-0.4, -0.2) is 26.2 Å². The summed E-state index contributed by atoms with van der Waals surface area (Å²) in [6.45, 7) is 0. The zero-order chi connectivity index (χ0) is 15.7. The van der Waals surface area contributed by atoms with Crippen LogP contribution in [0.4, 0.5) is 11.6 Å². The van der Waals surface area contributed by atoms with Crippen molar-refractivity contribution in [3.05, 3.63) is 48.7 Å². The third kappa shape index (κ3) is 3.08. The SMILES string of the molecule is Bc1ccc2nc(Nc3ccc(S(N)(=O)=O)cc3)ncc2c1. The van der Waals surface area contributed by atoms with Crippen LogP contribution in [0.5, 0.6) is 0 Å². The van der Waals surface area contributed by atoms with Crippen molar-refractivity contribution in [2.24, 2.45) is 5.14 Å². The summed E-state index contributed by atoms with van der Waals surface area (Å²) in [6, 6.07) is 12.0. The molecule has 0 aliphatic rings. The molecule has 0 saturated carbocycles. The van der Waals surface area contributed by atoms with Crippen molar-refractivity contribution >= 4 is 45.9 Å². The van der Waals surface area contributed by atoms with Crippen LogP contribution >= 0.6 is 0 Å². The van der Waals surface area contributed by atoms with Gasteiger partial charge in [-0.15, -0.1) is 0 Å². The van der Waals surface area contributed by atoms with E-state index in [1.165, 1.54) is 12.1 Å². The van der Waals surface area contributed by atoms with E-state index in [1.54, 1.807) is 18.3 Å². The molecule has 8 heteroatoms. The molecule has 0 amide bonds. The molecular weight excluding hydrogens is 299 g/mol. The van der Waals surface area contributed by atoms with Crippen molar-refractivity contribution in [3.63, 3.8) is 0 Å². The minimum atomic E-state index is -3.68. The Balaban J connectivity index is 1.88. The van der Waals surface area contributed by atoms with Gasteiger partial charge in [0.25, 0.3) is 0 Å². The van der Waals surface area contributed by atoms with Gasteiger partial charge in [0.2, 0.25) is 16.0 Å². The molecule has 1 aromatic heterocycles. The Kier molecular flexibility index (Phi) is 3.55. The van der Waals surface area contributed by atoms with Gasteiger partial charge in [0.05, 0.1) is 10.4 Å². The molecule has 1 heterocycles. The zero-order valence-electron chi connectivity index (χ0n) is 11.8. The lowest BCUT2D eigenvalue weighted by molar-refractivity contribution is 0.598. The Bertz CT molecular complexity index is 943. The Morgan fingerprint density at radius 3 is 2.50 bits per heavy atom. The van der Waals surface area contributed by atoms with Gasteiger partial charge in [-0.3, -0.25) is 0 Å². The van der Waals surface area contributed by atoms with E-state index in [4.69, 9.17) is 5.14 Å². The third-order valence-corrected chi connectivity index (χ3v) is 4.10. The summed E-state index contributed by atoms with van der Waals surface area (Å²) in [5, 5.41) is 9.06. The molecule has 2 aromatic carbocycles. The van der Waals surface area contributed by atoms with E-state index < -0.39 is 10.0 Å². The lowest BCUT2D eigenvalue weighted by Crippen LogP contribution is -2.11. The molecule has 3 N–H and O–H groups in total. The topological polar surface area (TPSA) is 98.0 Å². The molecule has 0 aliphatic heterocycles. The van der Waals surface area contributed by atoms with Gasteiger partial charge in [-0.1, -0.05) is 17.6 Å². The minimum absolute atomic E-state index is 0.0629. The molecule has 0 radical (unpaired) electrons. The Morgan fingerprint density at radius 1 is 1.09 bits per heavy atom. The smallest absolute Gasteiger partial charge is 0.238 e. The number of sulfonamides is 1. The zero-order valence-corrected chi connectivity index (χ0v) is 12.6. The van der Waals surface area contributed by atoms with Gasteiger partial charge in [-0.05, 0) is 30.3 Å². The number of nitrogens with one attached hydrogen (secondary N) is 1. The van der Waals surface area contributed by atoms with E-state index in [0.29, 0.717) is 11.6 Å². The molecular formula is C14H13BN4O2S. The van der Waals surface area contributed by atoms with Crippen LogP contribution in [0.25, 0.3) is 10.9 Å². The number of primary sulfonamides is 1. The average molecular weight is 312 g/mol. The standard InChI is InChI=1S/C14H13BN4O2S/c15-10-1-6-13-9(7-10)8-17-14(19-13)18-11-2-4-12(5-3-11)22(16,20)21/h1-8H,15H2,(H2,16,20,21)(H,17,18,19). The second-order valence-electron chi connectivity index (χ2n) is 4.95. The quantitative estimate of drug-likeness (QED) is 0.677. The highest BCUT2D eigenvalue weighted by molar-refractivity contribution is 7.89. The highest BCUT2D eigenvalue weighted by Gasteiger charge is 2.07. The minimum Gasteiger partial charge on any atom is -0.324 e. The summed E-state index contributed by atoms with van der Waals surface area (Å²) >= 11 is 0. The van der Waals surface area contributed by atoms with Crippen LogP contribution in [0.1, 0.15) is 0 Å². The second-order valence-corrected chi connectivity index (χ2v) is 6.51. The first-order valence-electron chi connectivity index (χ1n) is 6.55. The number of anilines is 2. The van der Waals surface area contributed by atoms with E-state index in [0.717, 1.165) is 16.4 Å². The van der Waals surface area contributed by atoms with Gasteiger partial charge in [0.1, 0.15) is 7.85 Å². The summed E-state index contributed by atoms with van der Waals surface area (Å²) in [5.74, 6) is 0.444. The summed E-state index contributed by atoms with van der Waals surface area (Å²) in [4.78, 5) is 8.73. The molecule has 0 bridgehead atoms. The fraction of sp³-hybridized carbons (Fsp3) is 0. The summed E-state index contributed by atoms with van der Waals surface area (Å²) in [5.41, 5.74) is 2.67. The molecule has 22 heavy (non-hydrogen) atoms. The Labute approximate surface area is 128 Å². The van der Waals surface area contributed by atoms with Crippen molar-refractivity contribution in [1.82, 2.24) is 9.97 Å². The highest BCUT2D eigenvalue weighted by atomic mass is 32.2.